The molecule has 154 valence electrons. The Balaban J connectivity index is 1.67. The van der Waals surface area contributed by atoms with Gasteiger partial charge in [0, 0.05) is 12.2 Å². The van der Waals surface area contributed by atoms with Gasteiger partial charge in [-0.25, -0.2) is 0 Å². The monoisotopic (exact) mass is 402 g/mol. The molecule has 2 aromatic carbocycles. The highest BCUT2D eigenvalue weighted by Gasteiger charge is 2.33. The zero-order valence-corrected chi connectivity index (χ0v) is 17.6. The van der Waals surface area contributed by atoms with E-state index in [4.69, 9.17) is 14.5 Å². The Morgan fingerprint density at radius 2 is 1.77 bits per heavy atom. The maximum Gasteiger partial charge on any atom is 0.258 e. The summed E-state index contributed by atoms with van der Waals surface area (Å²) in [5.74, 6) is 1.42. The van der Waals surface area contributed by atoms with Crippen LogP contribution < -0.4 is 9.47 Å². The Kier molecular flexibility index (Phi) is 5.70. The fourth-order valence-corrected chi connectivity index (χ4v) is 4.11. The van der Waals surface area contributed by atoms with E-state index in [1.807, 2.05) is 60.4 Å². The molecule has 1 atom stereocenters. The van der Waals surface area contributed by atoms with E-state index in [0.717, 1.165) is 47.7 Å². The van der Waals surface area contributed by atoms with Crippen LogP contribution >= 0.6 is 0 Å². The zero-order chi connectivity index (χ0) is 21.1. The van der Waals surface area contributed by atoms with Gasteiger partial charge < -0.3 is 14.4 Å². The topological polar surface area (TPSA) is 51.7 Å². The molecule has 0 radical (unpaired) electrons. The van der Waals surface area contributed by atoms with Crippen molar-refractivity contribution in [1.82, 2.24) is 9.88 Å². The predicted molar refractivity (Wildman–Crippen MR) is 117 cm³/mol. The third-order valence-corrected chi connectivity index (χ3v) is 5.59. The Bertz CT molecular complexity index is 1050. The number of pyridine rings is 1. The normalized spacial score (nSPS) is 15.8. The first-order chi connectivity index (χ1) is 14.6. The van der Waals surface area contributed by atoms with Gasteiger partial charge in [-0.1, -0.05) is 24.3 Å². The summed E-state index contributed by atoms with van der Waals surface area (Å²) in [7, 11) is 3.26. The number of ether oxygens (including phenoxy) is 2. The molecule has 1 saturated heterocycles. The molecule has 1 amide bonds. The van der Waals surface area contributed by atoms with Crippen molar-refractivity contribution in [1.29, 1.82) is 0 Å². The number of rotatable bonds is 5. The first kappa shape index (κ1) is 20.0. The van der Waals surface area contributed by atoms with E-state index in [2.05, 4.69) is 12.1 Å². The van der Waals surface area contributed by atoms with Gasteiger partial charge in [0.15, 0.2) is 0 Å². The number of methoxy groups -OCH3 is 2. The number of hydrogen-bond acceptors (Lipinski definition) is 4. The van der Waals surface area contributed by atoms with Gasteiger partial charge in [0.1, 0.15) is 11.5 Å². The number of nitrogens with zero attached hydrogens (tertiary/aromatic N) is 2. The molecule has 1 aliphatic rings. The molecule has 4 rings (SSSR count). The Morgan fingerprint density at radius 1 is 1.00 bits per heavy atom. The van der Waals surface area contributed by atoms with Crippen molar-refractivity contribution in [2.24, 2.45) is 0 Å². The van der Waals surface area contributed by atoms with Crippen molar-refractivity contribution in [2.45, 2.75) is 25.8 Å². The smallest absolute Gasteiger partial charge is 0.258 e. The molecule has 5 nitrogen and oxygen atoms in total. The largest absolute Gasteiger partial charge is 0.497 e. The molecule has 0 spiro atoms. The Hall–Kier alpha value is -3.34. The highest BCUT2D eigenvalue weighted by Crippen LogP contribution is 2.35. The van der Waals surface area contributed by atoms with Gasteiger partial charge >= 0.3 is 0 Å². The molecule has 0 saturated carbocycles. The average Bonchev–Trinajstić information content (AvgIpc) is 3.28. The number of carbonyl (C=O) groups excluding carboxylic acids is 1. The van der Waals surface area contributed by atoms with Crippen molar-refractivity contribution in [3.8, 4) is 22.6 Å². The second-order valence-electron chi connectivity index (χ2n) is 7.51. The van der Waals surface area contributed by atoms with E-state index in [1.54, 1.807) is 14.2 Å². The standard InChI is InChI=1S/C25H26N2O3/c1-17-15-19(18-10-12-20(29-2)13-11-18)16-22(26-17)23-8-6-14-27(23)25(28)21-7-4-5-9-24(21)30-3/h4-5,7,9-13,15-16,23H,6,8,14H2,1-3H3/t23-/m1/s1. The summed E-state index contributed by atoms with van der Waals surface area (Å²) >= 11 is 0. The predicted octanol–water partition coefficient (Wildman–Crippen LogP) is 5.05. The van der Waals surface area contributed by atoms with Gasteiger partial charge in [0.05, 0.1) is 31.5 Å². The van der Waals surface area contributed by atoms with Gasteiger partial charge in [-0.2, -0.15) is 0 Å². The van der Waals surface area contributed by atoms with Crippen LogP contribution in [0.4, 0.5) is 0 Å². The van der Waals surface area contributed by atoms with Crippen molar-refractivity contribution in [2.75, 3.05) is 20.8 Å². The fraction of sp³-hybridized carbons (Fsp3) is 0.280. The molecule has 1 aromatic heterocycles. The van der Waals surface area contributed by atoms with Crippen LogP contribution in [0.3, 0.4) is 0 Å². The lowest BCUT2D eigenvalue weighted by Gasteiger charge is -2.26. The van der Waals surface area contributed by atoms with Crippen LogP contribution in [0.1, 0.15) is 40.6 Å². The number of aromatic nitrogens is 1. The van der Waals surface area contributed by atoms with Crippen LogP contribution in [0.5, 0.6) is 11.5 Å². The van der Waals surface area contributed by atoms with E-state index in [9.17, 15) is 4.79 Å². The van der Waals surface area contributed by atoms with Crippen LogP contribution in [0, 0.1) is 6.92 Å². The summed E-state index contributed by atoms with van der Waals surface area (Å²) in [5, 5.41) is 0. The molecule has 0 bridgehead atoms. The third kappa shape index (κ3) is 3.88. The van der Waals surface area contributed by atoms with E-state index in [1.165, 1.54) is 0 Å². The van der Waals surface area contributed by atoms with Crippen LogP contribution in [-0.2, 0) is 0 Å². The van der Waals surface area contributed by atoms with E-state index >= 15 is 0 Å². The van der Waals surface area contributed by atoms with E-state index < -0.39 is 0 Å². The summed E-state index contributed by atoms with van der Waals surface area (Å²) in [6.45, 7) is 2.72. The van der Waals surface area contributed by atoms with Crippen LogP contribution in [0.2, 0.25) is 0 Å². The molecule has 1 aliphatic heterocycles. The van der Waals surface area contributed by atoms with Gasteiger partial charge in [-0.3, -0.25) is 9.78 Å². The highest BCUT2D eigenvalue weighted by molar-refractivity contribution is 5.97. The number of amides is 1. The highest BCUT2D eigenvalue weighted by atomic mass is 16.5. The summed E-state index contributed by atoms with van der Waals surface area (Å²) in [6, 6.07) is 19.5. The fourth-order valence-electron chi connectivity index (χ4n) is 4.11. The first-order valence-electron chi connectivity index (χ1n) is 10.2. The van der Waals surface area contributed by atoms with Crippen molar-refractivity contribution in [3.05, 3.63) is 77.6 Å². The minimum atomic E-state index is -0.0423. The Labute approximate surface area is 177 Å². The number of likely N-dealkylation sites (tertiary alicyclic amines) is 1. The lowest BCUT2D eigenvalue weighted by molar-refractivity contribution is 0.0729. The Morgan fingerprint density at radius 3 is 2.50 bits per heavy atom. The van der Waals surface area contributed by atoms with Crippen LogP contribution in [0.25, 0.3) is 11.1 Å². The molecular formula is C25H26N2O3. The summed E-state index contributed by atoms with van der Waals surface area (Å²) in [6.07, 6.45) is 1.86. The summed E-state index contributed by atoms with van der Waals surface area (Å²) in [5.41, 5.74) is 4.66. The molecule has 2 heterocycles. The summed E-state index contributed by atoms with van der Waals surface area (Å²) < 4.78 is 10.7. The lowest BCUT2D eigenvalue weighted by atomic mass is 10.0. The average molecular weight is 402 g/mol. The number of aryl methyl sites for hydroxylation is 1. The zero-order valence-electron chi connectivity index (χ0n) is 17.6. The number of carbonyl (C=O) groups is 1. The van der Waals surface area contributed by atoms with Gasteiger partial charge in [-0.05, 0) is 67.3 Å². The van der Waals surface area contributed by atoms with Crippen molar-refractivity contribution >= 4 is 5.91 Å². The molecule has 5 heteroatoms. The second-order valence-corrected chi connectivity index (χ2v) is 7.51. The van der Waals surface area contributed by atoms with E-state index in [0.29, 0.717) is 11.3 Å². The minimum absolute atomic E-state index is 0.00995. The molecular weight excluding hydrogens is 376 g/mol. The number of hydrogen-bond donors (Lipinski definition) is 0. The van der Waals surface area contributed by atoms with Crippen molar-refractivity contribution < 1.29 is 14.3 Å². The SMILES string of the molecule is COc1ccc(-c2cc(C)nc([C@H]3CCCN3C(=O)c3ccccc3OC)c2)cc1. The third-order valence-electron chi connectivity index (χ3n) is 5.59. The molecule has 0 N–H and O–H groups in total. The first-order valence-corrected chi connectivity index (χ1v) is 10.2. The number of para-hydroxylation sites is 1. The van der Waals surface area contributed by atoms with Crippen LogP contribution in [0.15, 0.2) is 60.7 Å². The molecule has 3 aromatic rings. The molecule has 0 aliphatic carbocycles. The number of benzene rings is 2. The molecule has 0 unspecified atom stereocenters. The van der Waals surface area contributed by atoms with Crippen molar-refractivity contribution in [3.63, 3.8) is 0 Å². The van der Waals surface area contributed by atoms with Gasteiger partial charge in [0.2, 0.25) is 0 Å². The quantitative estimate of drug-likeness (QED) is 0.599. The molecule has 30 heavy (non-hydrogen) atoms. The lowest BCUT2D eigenvalue weighted by Crippen LogP contribution is -2.31. The molecule has 1 fully saturated rings. The summed E-state index contributed by atoms with van der Waals surface area (Å²) in [4.78, 5) is 20.0. The minimum Gasteiger partial charge on any atom is -0.497 e. The van der Waals surface area contributed by atoms with Gasteiger partial charge in [0.25, 0.3) is 5.91 Å². The van der Waals surface area contributed by atoms with E-state index in [-0.39, 0.29) is 11.9 Å². The second kappa shape index (κ2) is 8.57. The van der Waals surface area contributed by atoms with Gasteiger partial charge in [-0.15, -0.1) is 0 Å². The maximum absolute atomic E-state index is 13.3. The maximum atomic E-state index is 13.3. The van der Waals surface area contributed by atoms with Crippen LogP contribution in [-0.4, -0.2) is 36.6 Å².